The molecule has 0 atom stereocenters. The summed E-state index contributed by atoms with van der Waals surface area (Å²) in [6, 6.07) is 8.37. The van der Waals surface area contributed by atoms with E-state index in [1.54, 1.807) is 0 Å². The first-order valence-corrected chi connectivity index (χ1v) is 14.8. The molecule has 1 aromatic carbocycles. The summed E-state index contributed by atoms with van der Waals surface area (Å²) in [5.41, 5.74) is 2.42. The monoisotopic (exact) mass is 362 g/mol. The van der Waals surface area contributed by atoms with Crippen molar-refractivity contribution in [2.75, 3.05) is 0 Å². The van der Waals surface area contributed by atoms with Gasteiger partial charge in [0.1, 0.15) is 0 Å². The lowest BCUT2D eigenvalue weighted by atomic mass is 10.2. The van der Waals surface area contributed by atoms with Crippen LogP contribution in [0.2, 0.25) is 36.3 Å². The van der Waals surface area contributed by atoms with Crippen molar-refractivity contribution >= 4 is 27.5 Å². The van der Waals surface area contributed by atoms with Gasteiger partial charge in [-0.25, -0.2) is 4.79 Å². The van der Waals surface area contributed by atoms with Gasteiger partial charge in [-0.15, -0.1) is 0 Å². The number of imidazole rings is 1. The molecule has 1 heterocycles. The molecule has 0 amide bonds. The van der Waals surface area contributed by atoms with Gasteiger partial charge in [-0.1, -0.05) is 79.9 Å². The summed E-state index contributed by atoms with van der Waals surface area (Å²) in [6.45, 7) is 22.9. The fourth-order valence-corrected chi connectivity index (χ4v) is 7.08. The molecule has 0 fully saturated rings. The number of hydrogen-bond donors (Lipinski definition) is 0. The molecule has 0 bridgehead atoms. The predicted molar refractivity (Wildman–Crippen MR) is 111 cm³/mol. The minimum absolute atomic E-state index is 0.110. The maximum Gasteiger partial charge on any atom is 0.312 e. The van der Waals surface area contributed by atoms with Crippen LogP contribution < -0.4 is 5.69 Å². The third-order valence-electron chi connectivity index (χ3n) is 6.53. The van der Waals surface area contributed by atoms with E-state index in [-0.39, 0.29) is 15.8 Å². The van der Waals surface area contributed by atoms with E-state index in [1.807, 2.05) is 0 Å². The van der Waals surface area contributed by atoms with Crippen molar-refractivity contribution in [3.05, 3.63) is 34.7 Å². The van der Waals surface area contributed by atoms with Gasteiger partial charge < -0.3 is 8.47 Å². The molecule has 2 rings (SSSR count). The topological polar surface area (TPSA) is 26.9 Å². The largest absolute Gasteiger partial charge is 0.321 e. The molecule has 0 N–H and O–H groups in total. The molecule has 0 aliphatic heterocycles. The highest BCUT2D eigenvalue weighted by molar-refractivity contribution is 6.81. The number of para-hydroxylation sites is 2. The van der Waals surface area contributed by atoms with Gasteiger partial charge in [0, 0.05) is 0 Å². The van der Waals surface area contributed by atoms with Crippen LogP contribution in [0.25, 0.3) is 11.0 Å². The molecule has 0 saturated heterocycles. The highest BCUT2D eigenvalue weighted by Crippen LogP contribution is 2.40. The summed E-state index contributed by atoms with van der Waals surface area (Å²) in [5, 5.41) is 0.221. The quantitative estimate of drug-likeness (QED) is 0.647. The predicted octanol–water partition coefficient (Wildman–Crippen LogP) is 5.51. The molecule has 0 aliphatic carbocycles. The van der Waals surface area contributed by atoms with E-state index >= 15 is 0 Å². The molecular weight excluding hydrogens is 328 g/mol. The lowest BCUT2D eigenvalue weighted by Gasteiger charge is -2.39. The Labute approximate surface area is 148 Å². The minimum atomic E-state index is -2.00. The van der Waals surface area contributed by atoms with Crippen molar-refractivity contribution in [2.24, 2.45) is 0 Å². The van der Waals surface area contributed by atoms with E-state index in [4.69, 9.17) is 0 Å². The Morgan fingerprint density at radius 3 is 1.25 bits per heavy atom. The Bertz CT molecular complexity index is 748. The number of hydrogen-bond acceptors (Lipinski definition) is 1. The molecule has 3 nitrogen and oxygen atoms in total. The van der Waals surface area contributed by atoms with E-state index < -0.39 is 16.5 Å². The molecule has 1 aromatic heterocycles. The molecule has 0 unspecified atom stereocenters. The van der Waals surface area contributed by atoms with Gasteiger partial charge in [0.05, 0.1) is 11.0 Å². The second kappa shape index (κ2) is 5.46. The summed E-state index contributed by atoms with van der Waals surface area (Å²) in [4.78, 5) is 13.7. The zero-order chi connectivity index (χ0) is 18.7. The van der Waals surface area contributed by atoms with Crippen LogP contribution in [0.3, 0.4) is 0 Å². The minimum Gasteiger partial charge on any atom is -0.321 e. The standard InChI is InChI=1S/C19H34N2OSi2/c1-18(2,3)23(7,8)20-15-13-11-12-14-16(15)21(17(20)22)24(9,10)19(4,5)6/h11-14H,1-10H3. The van der Waals surface area contributed by atoms with Crippen molar-refractivity contribution in [3.63, 3.8) is 0 Å². The third-order valence-corrected chi connectivity index (χ3v) is 17.0. The van der Waals surface area contributed by atoms with E-state index in [0.717, 1.165) is 11.0 Å². The molecule has 0 spiro atoms. The van der Waals surface area contributed by atoms with E-state index in [9.17, 15) is 4.79 Å². The summed E-state index contributed by atoms with van der Waals surface area (Å²) in [6.07, 6.45) is 0. The second-order valence-electron chi connectivity index (χ2n) is 10.1. The average molecular weight is 363 g/mol. The van der Waals surface area contributed by atoms with Crippen LogP contribution in [0.5, 0.6) is 0 Å². The zero-order valence-corrected chi connectivity index (χ0v) is 19.1. The highest BCUT2D eigenvalue weighted by Gasteiger charge is 2.45. The van der Waals surface area contributed by atoms with Gasteiger partial charge in [0.15, 0.2) is 16.5 Å². The number of aromatic nitrogens is 2. The van der Waals surface area contributed by atoms with Gasteiger partial charge in [0.25, 0.3) is 0 Å². The van der Waals surface area contributed by atoms with Crippen molar-refractivity contribution in [3.8, 4) is 0 Å². The van der Waals surface area contributed by atoms with Gasteiger partial charge in [0.2, 0.25) is 0 Å². The Morgan fingerprint density at radius 2 is 1.00 bits per heavy atom. The van der Waals surface area contributed by atoms with E-state index in [1.165, 1.54) is 0 Å². The van der Waals surface area contributed by atoms with Crippen LogP contribution in [0.4, 0.5) is 0 Å². The summed E-state index contributed by atoms with van der Waals surface area (Å²) in [7, 11) is -4.00. The van der Waals surface area contributed by atoms with Crippen molar-refractivity contribution in [1.29, 1.82) is 0 Å². The number of benzene rings is 1. The Balaban J connectivity index is 2.99. The lowest BCUT2D eigenvalue weighted by Crippen LogP contribution is -2.55. The van der Waals surface area contributed by atoms with Crippen molar-refractivity contribution in [1.82, 2.24) is 8.47 Å². The molecule has 134 valence electrons. The molecule has 24 heavy (non-hydrogen) atoms. The Morgan fingerprint density at radius 1 is 0.708 bits per heavy atom. The summed E-state index contributed by atoms with van der Waals surface area (Å²) < 4.78 is 4.34. The lowest BCUT2D eigenvalue weighted by molar-refractivity contribution is 0.685. The smallest absolute Gasteiger partial charge is 0.312 e. The molecule has 2 aromatic rings. The maximum atomic E-state index is 13.7. The number of rotatable bonds is 2. The SMILES string of the molecule is CC(C)(C)[Si](C)(C)n1c(=O)n([Si](C)(C)C(C)(C)C)c2ccccc21. The van der Waals surface area contributed by atoms with Gasteiger partial charge >= 0.3 is 5.69 Å². The fraction of sp³-hybridized carbons (Fsp3) is 0.632. The first-order chi connectivity index (χ1) is 10.6. The zero-order valence-electron chi connectivity index (χ0n) is 17.1. The van der Waals surface area contributed by atoms with E-state index in [0.29, 0.717) is 0 Å². The first-order valence-electron chi connectivity index (χ1n) is 8.87. The van der Waals surface area contributed by atoms with Crippen LogP contribution in [-0.4, -0.2) is 24.9 Å². The van der Waals surface area contributed by atoms with Crippen molar-refractivity contribution < 1.29 is 0 Å². The fourth-order valence-electron chi connectivity index (χ4n) is 2.90. The molecule has 0 aliphatic rings. The first kappa shape index (κ1) is 19.3. The maximum absolute atomic E-state index is 13.7. The van der Waals surface area contributed by atoms with Crippen LogP contribution >= 0.6 is 0 Å². The molecule has 0 saturated carbocycles. The van der Waals surface area contributed by atoms with Gasteiger partial charge in [-0.05, 0) is 22.2 Å². The van der Waals surface area contributed by atoms with Gasteiger partial charge in [-0.3, -0.25) is 0 Å². The summed E-state index contributed by atoms with van der Waals surface area (Å²) >= 11 is 0. The molecule has 0 radical (unpaired) electrons. The van der Waals surface area contributed by atoms with Crippen LogP contribution in [0.1, 0.15) is 41.5 Å². The highest BCUT2D eigenvalue weighted by atomic mass is 28.3. The average Bonchev–Trinajstić information content (AvgIpc) is 2.68. The van der Waals surface area contributed by atoms with Crippen LogP contribution in [0.15, 0.2) is 29.1 Å². The van der Waals surface area contributed by atoms with Crippen LogP contribution in [0, 0.1) is 0 Å². The number of nitrogens with zero attached hydrogens (tertiary/aromatic N) is 2. The number of fused-ring (bicyclic) bond motifs is 1. The summed E-state index contributed by atoms with van der Waals surface area (Å²) in [5.74, 6) is 0. The molecule has 5 heteroatoms. The van der Waals surface area contributed by atoms with Gasteiger partial charge in [-0.2, -0.15) is 0 Å². The normalized spacial score (nSPS) is 14.4. The van der Waals surface area contributed by atoms with E-state index in [2.05, 4.69) is 100 Å². The van der Waals surface area contributed by atoms with Crippen LogP contribution in [-0.2, 0) is 0 Å². The Kier molecular flexibility index (Phi) is 4.38. The second-order valence-corrected chi connectivity index (χ2v) is 20.2. The van der Waals surface area contributed by atoms with Crippen molar-refractivity contribution in [2.45, 2.75) is 77.8 Å². The Hall–Kier alpha value is -1.08. The molecular formula is C19H34N2OSi2. The third kappa shape index (κ3) is 2.66.